The lowest BCUT2D eigenvalue weighted by Crippen LogP contribution is -2.29. The number of aryl methyl sites for hydroxylation is 3. The minimum absolute atomic E-state index is 0.0848. The maximum absolute atomic E-state index is 13.6. The molecule has 28 heavy (non-hydrogen) atoms. The van der Waals surface area contributed by atoms with E-state index in [0.29, 0.717) is 21.0 Å². The van der Waals surface area contributed by atoms with Gasteiger partial charge in [-0.05, 0) is 49.6 Å². The van der Waals surface area contributed by atoms with Crippen LogP contribution in [0.2, 0.25) is 5.02 Å². The molecule has 0 saturated carbocycles. The Bertz CT molecular complexity index is 1010. The number of hydrogen-bond donors (Lipinski definition) is 0. The number of benzene rings is 2. The van der Waals surface area contributed by atoms with Gasteiger partial charge in [0.1, 0.15) is 6.04 Å². The zero-order valence-corrected chi connectivity index (χ0v) is 18.6. The van der Waals surface area contributed by atoms with Crippen LogP contribution in [0.4, 0.5) is 0 Å². The summed E-state index contributed by atoms with van der Waals surface area (Å²) < 4.78 is 28.5. The van der Waals surface area contributed by atoms with Crippen LogP contribution in [-0.4, -0.2) is 24.5 Å². The molecular formula is C22H26ClNO3S. The first-order valence-corrected chi connectivity index (χ1v) is 11.1. The molecule has 1 saturated heterocycles. The van der Waals surface area contributed by atoms with Crippen LogP contribution < -0.4 is 0 Å². The Morgan fingerprint density at radius 2 is 1.50 bits per heavy atom. The summed E-state index contributed by atoms with van der Waals surface area (Å²) >= 11 is 5.99. The average molecular weight is 420 g/mol. The van der Waals surface area contributed by atoms with Crippen molar-refractivity contribution in [1.82, 2.24) is 4.31 Å². The molecule has 6 heteroatoms. The Balaban J connectivity index is 2.11. The number of carbonyl (C=O) groups excluding carboxylic acids is 1. The Morgan fingerprint density at radius 3 is 1.96 bits per heavy atom. The van der Waals surface area contributed by atoms with Crippen molar-refractivity contribution >= 4 is 27.4 Å². The predicted molar refractivity (Wildman–Crippen MR) is 112 cm³/mol. The zero-order valence-electron chi connectivity index (χ0n) is 17.1. The third kappa shape index (κ3) is 3.63. The molecule has 150 valence electrons. The van der Waals surface area contributed by atoms with Crippen LogP contribution in [0.25, 0.3) is 0 Å². The van der Waals surface area contributed by atoms with E-state index in [-0.39, 0.29) is 5.78 Å². The standard InChI is InChI=1S/C22H26ClNO3S/c1-13-11-14(2)20(15(3)12-13)28(26,27)24-18(16-7-9-17(23)10-8-16)19(24)21(25)22(4,5)6/h7-12,18-19H,1-6H3. The number of sulfonamides is 1. The van der Waals surface area contributed by atoms with E-state index in [9.17, 15) is 13.2 Å². The quantitative estimate of drug-likeness (QED) is 0.655. The van der Waals surface area contributed by atoms with E-state index in [1.54, 1.807) is 38.1 Å². The van der Waals surface area contributed by atoms with E-state index < -0.39 is 27.5 Å². The summed E-state index contributed by atoms with van der Waals surface area (Å²) in [4.78, 5) is 13.4. The molecule has 3 unspecified atom stereocenters. The van der Waals surface area contributed by atoms with Crippen molar-refractivity contribution in [2.75, 3.05) is 0 Å². The molecule has 3 atom stereocenters. The zero-order chi connectivity index (χ0) is 21.0. The summed E-state index contributed by atoms with van der Waals surface area (Å²) in [5.74, 6) is -0.0848. The van der Waals surface area contributed by atoms with E-state index in [0.717, 1.165) is 11.1 Å². The van der Waals surface area contributed by atoms with Crippen molar-refractivity contribution in [1.29, 1.82) is 0 Å². The van der Waals surface area contributed by atoms with Gasteiger partial charge in [-0.25, -0.2) is 8.42 Å². The largest absolute Gasteiger partial charge is 0.297 e. The maximum atomic E-state index is 13.6. The molecule has 3 rings (SSSR count). The van der Waals surface area contributed by atoms with Crippen LogP contribution in [0.3, 0.4) is 0 Å². The number of rotatable bonds is 4. The SMILES string of the molecule is Cc1cc(C)c(S(=O)(=O)N2C(C(=O)C(C)(C)C)C2c2ccc(Cl)cc2)c(C)c1. The predicted octanol–water partition coefficient (Wildman–Crippen LogP) is 4.99. The third-order valence-electron chi connectivity index (χ3n) is 5.12. The van der Waals surface area contributed by atoms with Gasteiger partial charge in [0.05, 0.1) is 10.9 Å². The normalized spacial score (nSPS) is 22.2. The Hall–Kier alpha value is -1.69. The number of nitrogens with zero attached hydrogens (tertiary/aromatic N) is 1. The molecule has 2 aromatic carbocycles. The first kappa shape index (κ1) is 21.0. The van der Waals surface area contributed by atoms with Crippen LogP contribution in [-0.2, 0) is 14.8 Å². The second-order valence-electron chi connectivity index (χ2n) is 8.62. The molecule has 0 spiro atoms. The van der Waals surface area contributed by atoms with Gasteiger partial charge in [-0.15, -0.1) is 0 Å². The fourth-order valence-electron chi connectivity index (χ4n) is 3.88. The lowest BCUT2D eigenvalue weighted by atomic mass is 9.87. The van der Waals surface area contributed by atoms with Gasteiger partial charge < -0.3 is 0 Å². The minimum Gasteiger partial charge on any atom is -0.297 e. The van der Waals surface area contributed by atoms with E-state index in [4.69, 9.17) is 11.6 Å². The van der Waals surface area contributed by atoms with Crippen molar-refractivity contribution in [3.63, 3.8) is 0 Å². The maximum Gasteiger partial charge on any atom is 0.244 e. The summed E-state index contributed by atoms with van der Waals surface area (Å²) in [6.07, 6.45) is 0. The summed E-state index contributed by atoms with van der Waals surface area (Å²) in [6.45, 7) is 11.0. The lowest BCUT2D eigenvalue weighted by Gasteiger charge is -2.17. The van der Waals surface area contributed by atoms with Crippen molar-refractivity contribution in [2.45, 2.75) is 58.5 Å². The first-order valence-electron chi connectivity index (χ1n) is 9.27. The molecular weight excluding hydrogens is 394 g/mol. The second-order valence-corrected chi connectivity index (χ2v) is 10.8. The van der Waals surface area contributed by atoms with Gasteiger partial charge in [-0.3, -0.25) is 4.79 Å². The molecule has 1 fully saturated rings. The second kappa shape index (κ2) is 6.97. The molecule has 1 heterocycles. The molecule has 1 aliphatic rings. The molecule has 1 aliphatic heterocycles. The van der Waals surface area contributed by atoms with Gasteiger partial charge in [0.15, 0.2) is 5.78 Å². The van der Waals surface area contributed by atoms with Crippen LogP contribution >= 0.6 is 11.6 Å². The number of carbonyl (C=O) groups is 1. The molecule has 2 aromatic rings. The fourth-order valence-corrected chi connectivity index (χ4v) is 6.14. The van der Waals surface area contributed by atoms with Gasteiger partial charge in [0.2, 0.25) is 10.0 Å². The van der Waals surface area contributed by atoms with Gasteiger partial charge in [-0.2, -0.15) is 4.31 Å². The van der Waals surface area contributed by atoms with E-state index in [1.165, 1.54) is 4.31 Å². The molecule has 4 nitrogen and oxygen atoms in total. The van der Waals surface area contributed by atoms with Gasteiger partial charge in [0.25, 0.3) is 0 Å². The van der Waals surface area contributed by atoms with Crippen molar-refractivity contribution in [2.24, 2.45) is 5.41 Å². The summed E-state index contributed by atoms with van der Waals surface area (Å²) in [6, 6.07) is 9.55. The summed E-state index contributed by atoms with van der Waals surface area (Å²) in [7, 11) is -3.83. The van der Waals surface area contributed by atoms with Crippen molar-refractivity contribution in [3.8, 4) is 0 Å². The number of Topliss-reactive ketones (excluding diaryl/α,β-unsaturated/α-hetero) is 1. The monoisotopic (exact) mass is 419 g/mol. The highest BCUT2D eigenvalue weighted by Crippen LogP contribution is 2.51. The third-order valence-corrected chi connectivity index (χ3v) is 7.54. The first-order chi connectivity index (χ1) is 12.9. The summed E-state index contributed by atoms with van der Waals surface area (Å²) in [5, 5.41) is 0.572. The number of halogens is 1. The van der Waals surface area contributed by atoms with Crippen LogP contribution in [0.1, 0.15) is 49.1 Å². The highest BCUT2D eigenvalue weighted by molar-refractivity contribution is 7.89. The average Bonchev–Trinajstić information content (AvgIpc) is 3.28. The topological polar surface area (TPSA) is 54.2 Å². The van der Waals surface area contributed by atoms with Crippen LogP contribution in [0.5, 0.6) is 0 Å². The number of ketones is 1. The molecule has 0 radical (unpaired) electrons. The molecule has 0 bridgehead atoms. The van der Waals surface area contributed by atoms with Crippen LogP contribution in [0.15, 0.2) is 41.3 Å². The van der Waals surface area contributed by atoms with Gasteiger partial charge in [0, 0.05) is 10.4 Å². The minimum atomic E-state index is -3.83. The van der Waals surface area contributed by atoms with Gasteiger partial charge >= 0.3 is 0 Å². The van der Waals surface area contributed by atoms with Crippen molar-refractivity contribution in [3.05, 3.63) is 63.7 Å². The number of hydrogen-bond acceptors (Lipinski definition) is 3. The fraction of sp³-hybridized carbons (Fsp3) is 0.409. The smallest absolute Gasteiger partial charge is 0.244 e. The Morgan fingerprint density at radius 1 is 1.00 bits per heavy atom. The summed E-state index contributed by atoms with van der Waals surface area (Å²) in [5.41, 5.74) is 2.54. The van der Waals surface area contributed by atoms with E-state index in [2.05, 4.69) is 0 Å². The highest BCUT2D eigenvalue weighted by Gasteiger charge is 2.61. The Labute approximate surface area is 172 Å². The van der Waals surface area contributed by atoms with Crippen molar-refractivity contribution < 1.29 is 13.2 Å². The molecule has 0 aliphatic carbocycles. The molecule has 0 N–H and O–H groups in total. The van der Waals surface area contributed by atoms with E-state index >= 15 is 0 Å². The highest BCUT2D eigenvalue weighted by atomic mass is 35.5. The molecule has 0 aromatic heterocycles. The van der Waals surface area contributed by atoms with Gasteiger partial charge in [-0.1, -0.05) is 62.2 Å². The van der Waals surface area contributed by atoms with E-state index in [1.807, 2.05) is 39.8 Å². The lowest BCUT2D eigenvalue weighted by molar-refractivity contribution is -0.126. The van der Waals surface area contributed by atoms with Crippen LogP contribution in [0, 0.1) is 26.2 Å². The molecule has 0 amide bonds. The Kier molecular flexibility index (Phi) is 5.24.